The van der Waals surface area contributed by atoms with Gasteiger partial charge in [-0.1, -0.05) is 45.0 Å². The highest BCUT2D eigenvalue weighted by molar-refractivity contribution is 5.81. The van der Waals surface area contributed by atoms with E-state index in [1.54, 1.807) is 0 Å². The van der Waals surface area contributed by atoms with E-state index in [4.69, 9.17) is 0 Å². The fraction of sp³-hybridized carbons (Fsp3) is 0.588. The van der Waals surface area contributed by atoms with Crippen molar-refractivity contribution in [2.24, 2.45) is 17.8 Å². The molecule has 104 valence electrons. The molecular weight excluding hydrogens is 234 g/mol. The molecule has 0 saturated heterocycles. The molecule has 3 unspecified atom stereocenters. The summed E-state index contributed by atoms with van der Waals surface area (Å²) in [6.07, 6.45) is 2.16. The molecule has 0 spiro atoms. The van der Waals surface area contributed by atoms with Crippen LogP contribution in [0, 0.1) is 17.8 Å². The number of hydrogen-bond acceptors (Lipinski definition) is 1. The van der Waals surface area contributed by atoms with Gasteiger partial charge in [-0.25, -0.2) is 0 Å². The molecule has 1 N–H and O–H groups in total. The molecule has 0 aromatic heterocycles. The lowest BCUT2D eigenvalue weighted by atomic mass is 10.00. The Balaban J connectivity index is 1.91. The van der Waals surface area contributed by atoms with Crippen LogP contribution >= 0.6 is 0 Å². The number of carbonyl (C=O) groups is 1. The van der Waals surface area contributed by atoms with E-state index in [2.05, 4.69) is 57.3 Å². The molecule has 1 saturated carbocycles. The van der Waals surface area contributed by atoms with Crippen LogP contribution in [0.2, 0.25) is 0 Å². The van der Waals surface area contributed by atoms with Crippen LogP contribution in [0.25, 0.3) is 0 Å². The van der Waals surface area contributed by atoms with Crippen LogP contribution < -0.4 is 5.32 Å². The number of hydrogen-bond donors (Lipinski definition) is 1. The first-order chi connectivity index (χ1) is 8.97. The highest BCUT2D eigenvalue weighted by atomic mass is 16.2. The zero-order chi connectivity index (χ0) is 14.0. The first kappa shape index (κ1) is 14.1. The molecule has 1 aromatic carbocycles. The van der Waals surface area contributed by atoms with Gasteiger partial charge in [0.05, 0.1) is 6.04 Å². The second-order valence-electron chi connectivity index (χ2n) is 6.39. The van der Waals surface area contributed by atoms with E-state index in [-0.39, 0.29) is 17.9 Å². The topological polar surface area (TPSA) is 29.1 Å². The van der Waals surface area contributed by atoms with Crippen molar-refractivity contribution in [1.82, 2.24) is 5.32 Å². The minimum atomic E-state index is 0.105. The monoisotopic (exact) mass is 259 g/mol. The van der Waals surface area contributed by atoms with E-state index in [1.165, 1.54) is 11.1 Å². The van der Waals surface area contributed by atoms with Crippen molar-refractivity contribution in [2.45, 2.75) is 46.6 Å². The van der Waals surface area contributed by atoms with Crippen LogP contribution in [0.3, 0.4) is 0 Å². The van der Waals surface area contributed by atoms with E-state index in [9.17, 15) is 4.79 Å². The molecule has 2 nitrogen and oxygen atoms in total. The lowest BCUT2D eigenvalue weighted by molar-refractivity contribution is -0.123. The summed E-state index contributed by atoms with van der Waals surface area (Å²) >= 11 is 0. The third-order valence-electron chi connectivity index (χ3n) is 3.93. The maximum atomic E-state index is 11.9. The average molecular weight is 259 g/mol. The maximum Gasteiger partial charge on any atom is 0.223 e. The molecule has 0 aliphatic heterocycles. The molecule has 3 atom stereocenters. The van der Waals surface area contributed by atoms with Crippen molar-refractivity contribution < 1.29 is 4.79 Å². The van der Waals surface area contributed by atoms with E-state index < -0.39 is 0 Å². The minimum Gasteiger partial charge on any atom is -0.349 e. The summed E-state index contributed by atoms with van der Waals surface area (Å²) in [4.78, 5) is 11.9. The zero-order valence-electron chi connectivity index (χ0n) is 12.4. The van der Waals surface area contributed by atoms with Crippen LogP contribution in [0.15, 0.2) is 24.3 Å². The number of nitrogens with one attached hydrogen (secondary N) is 1. The second kappa shape index (κ2) is 5.77. The third kappa shape index (κ3) is 3.82. The minimum absolute atomic E-state index is 0.105. The quantitative estimate of drug-likeness (QED) is 0.858. The number of benzene rings is 1. The van der Waals surface area contributed by atoms with Crippen LogP contribution in [0.4, 0.5) is 0 Å². The second-order valence-corrected chi connectivity index (χ2v) is 6.39. The standard InChI is InChI=1S/C17H25NO/c1-11(2)9-14-5-7-15(8-6-14)13(4)18-17(19)16-10-12(16)3/h5-8,11-13,16H,9-10H2,1-4H3,(H,18,19). The Labute approximate surface area is 116 Å². The predicted octanol–water partition coefficient (Wildman–Crippen LogP) is 3.72. The number of rotatable bonds is 5. The lowest BCUT2D eigenvalue weighted by Crippen LogP contribution is -2.28. The molecule has 1 aliphatic carbocycles. The normalized spacial score (nSPS) is 23.2. The molecule has 0 radical (unpaired) electrons. The molecule has 1 amide bonds. The molecule has 2 heteroatoms. The van der Waals surface area contributed by atoms with Gasteiger partial charge in [0.15, 0.2) is 0 Å². The summed E-state index contributed by atoms with van der Waals surface area (Å²) in [5.74, 6) is 1.72. The largest absolute Gasteiger partial charge is 0.349 e. The molecule has 1 aromatic rings. The zero-order valence-corrected chi connectivity index (χ0v) is 12.4. The molecule has 2 rings (SSSR count). The Morgan fingerprint density at radius 2 is 1.84 bits per heavy atom. The van der Waals surface area contributed by atoms with Crippen LogP contribution in [-0.4, -0.2) is 5.91 Å². The van der Waals surface area contributed by atoms with Crippen LogP contribution in [0.5, 0.6) is 0 Å². The van der Waals surface area contributed by atoms with Crippen molar-refractivity contribution in [1.29, 1.82) is 0 Å². The van der Waals surface area contributed by atoms with Gasteiger partial charge in [0.25, 0.3) is 0 Å². The molecule has 19 heavy (non-hydrogen) atoms. The summed E-state index contributed by atoms with van der Waals surface area (Å²) in [6, 6.07) is 8.74. The Hall–Kier alpha value is -1.31. The lowest BCUT2D eigenvalue weighted by Gasteiger charge is -2.15. The summed E-state index contributed by atoms with van der Waals surface area (Å²) in [7, 11) is 0. The summed E-state index contributed by atoms with van der Waals surface area (Å²) in [5.41, 5.74) is 2.56. The Bertz CT molecular complexity index is 435. The fourth-order valence-electron chi connectivity index (χ4n) is 2.50. The SMILES string of the molecule is CC(C)Cc1ccc(C(C)NC(=O)C2CC2C)cc1. The fourth-order valence-corrected chi connectivity index (χ4v) is 2.50. The van der Waals surface area contributed by atoms with E-state index >= 15 is 0 Å². The van der Waals surface area contributed by atoms with Crippen molar-refractivity contribution >= 4 is 5.91 Å². The summed E-state index contributed by atoms with van der Waals surface area (Å²) < 4.78 is 0. The third-order valence-corrected chi connectivity index (χ3v) is 3.93. The highest BCUT2D eigenvalue weighted by Crippen LogP contribution is 2.38. The van der Waals surface area contributed by atoms with Gasteiger partial charge in [-0.2, -0.15) is 0 Å². The molecular formula is C17H25NO. The Morgan fingerprint density at radius 1 is 1.26 bits per heavy atom. The van der Waals surface area contributed by atoms with Gasteiger partial charge in [0.2, 0.25) is 5.91 Å². The van der Waals surface area contributed by atoms with Gasteiger partial charge < -0.3 is 5.32 Å². The van der Waals surface area contributed by atoms with Gasteiger partial charge in [0, 0.05) is 5.92 Å². The van der Waals surface area contributed by atoms with Crippen molar-refractivity contribution in [3.8, 4) is 0 Å². The van der Waals surface area contributed by atoms with Gasteiger partial charge in [-0.15, -0.1) is 0 Å². The number of amides is 1. The van der Waals surface area contributed by atoms with Crippen LogP contribution in [0.1, 0.15) is 51.3 Å². The Kier molecular flexibility index (Phi) is 4.28. The van der Waals surface area contributed by atoms with Gasteiger partial charge in [-0.05, 0) is 42.7 Å². The van der Waals surface area contributed by atoms with E-state index in [0.717, 1.165) is 12.8 Å². The van der Waals surface area contributed by atoms with Gasteiger partial charge in [-0.3, -0.25) is 4.79 Å². The van der Waals surface area contributed by atoms with Crippen molar-refractivity contribution in [3.63, 3.8) is 0 Å². The average Bonchev–Trinajstić information content (AvgIpc) is 3.06. The molecule has 0 bridgehead atoms. The van der Waals surface area contributed by atoms with Gasteiger partial charge in [0.1, 0.15) is 0 Å². The highest BCUT2D eigenvalue weighted by Gasteiger charge is 2.39. The predicted molar refractivity (Wildman–Crippen MR) is 78.8 cm³/mol. The summed E-state index contributed by atoms with van der Waals surface area (Å²) in [6.45, 7) is 8.65. The van der Waals surface area contributed by atoms with Crippen LogP contribution in [-0.2, 0) is 11.2 Å². The Morgan fingerprint density at radius 3 is 2.32 bits per heavy atom. The number of carbonyl (C=O) groups excluding carboxylic acids is 1. The van der Waals surface area contributed by atoms with E-state index in [1.807, 2.05) is 0 Å². The van der Waals surface area contributed by atoms with E-state index in [0.29, 0.717) is 11.8 Å². The van der Waals surface area contributed by atoms with Crippen molar-refractivity contribution in [3.05, 3.63) is 35.4 Å². The molecule has 1 fully saturated rings. The maximum absolute atomic E-state index is 11.9. The molecule has 0 heterocycles. The first-order valence-electron chi connectivity index (χ1n) is 7.36. The van der Waals surface area contributed by atoms with Crippen molar-refractivity contribution in [2.75, 3.05) is 0 Å². The molecule has 1 aliphatic rings. The summed E-state index contributed by atoms with van der Waals surface area (Å²) in [5, 5.41) is 3.11. The smallest absolute Gasteiger partial charge is 0.223 e. The first-order valence-corrected chi connectivity index (χ1v) is 7.36. The van der Waals surface area contributed by atoms with Gasteiger partial charge >= 0.3 is 0 Å².